The molecule has 138 valence electrons. The number of aryl methyl sites for hydroxylation is 2. The van der Waals surface area contributed by atoms with E-state index in [1.807, 2.05) is 56.3 Å². The van der Waals surface area contributed by atoms with Gasteiger partial charge >= 0.3 is 6.03 Å². The number of benzene rings is 2. The van der Waals surface area contributed by atoms with Crippen LogP contribution in [0.1, 0.15) is 28.4 Å². The average Bonchev–Trinajstić information content (AvgIpc) is 2.66. The molecule has 2 N–H and O–H groups in total. The zero-order valence-electron chi connectivity index (χ0n) is 15.4. The molecule has 0 spiro atoms. The van der Waals surface area contributed by atoms with Crippen LogP contribution >= 0.6 is 0 Å². The van der Waals surface area contributed by atoms with Crippen LogP contribution in [0.4, 0.5) is 14.9 Å². The third-order valence-electron chi connectivity index (χ3n) is 4.36. The molecule has 1 heterocycles. The fourth-order valence-electron chi connectivity index (χ4n) is 2.82. The Bertz CT molecular complexity index is 911. The molecular weight excluding hydrogens is 341 g/mol. The highest BCUT2D eigenvalue weighted by Gasteiger charge is 2.17. The third kappa shape index (κ3) is 5.14. The molecule has 2 amide bonds. The van der Waals surface area contributed by atoms with Gasteiger partial charge in [0.1, 0.15) is 5.82 Å². The van der Waals surface area contributed by atoms with Crippen LogP contribution in [0.25, 0.3) is 0 Å². The van der Waals surface area contributed by atoms with Gasteiger partial charge in [-0.3, -0.25) is 4.98 Å². The fourth-order valence-corrected chi connectivity index (χ4v) is 2.82. The molecule has 0 saturated heterocycles. The van der Waals surface area contributed by atoms with Crippen LogP contribution in [0.5, 0.6) is 0 Å². The van der Waals surface area contributed by atoms with Gasteiger partial charge in [-0.2, -0.15) is 0 Å². The van der Waals surface area contributed by atoms with Gasteiger partial charge in [-0.05, 0) is 55.7 Å². The van der Waals surface area contributed by atoms with Crippen LogP contribution < -0.4 is 10.6 Å². The Morgan fingerprint density at radius 3 is 2.56 bits per heavy atom. The van der Waals surface area contributed by atoms with Gasteiger partial charge in [-0.25, -0.2) is 9.18 Å². The predicted molar refractivity (Wildman–Crippen MR) is 105 cm³/mol. The van der Waals surface area contributed by atoms with E-state index in [0.29, 0.717) is 12.1 Å². The molecule has 1 unspecified atom stereocenters. The zero-order chi connectivity index (χ0) is 19.2. The largest absolute Gasteiger partial charge is 0.329 e. The van der Waals surface area contributed by atoms with Crippen molar-refractivity contribution in [2.24, 2.45) is 0 Å². The minimum atomic E-state index is -0.397. The van der Waals surface area contributed by atoms with Gasteiger partial charge in [0.05, 0.1) is 11.7 Å². The summed E-state index contributed by atoms with van der Waals surface area (Å²) in [6.07, 6.45) is 2.31. The summed E-state index contributed by atoms with van der Waals surface area (Å²) >= 11 is 0. The van der Waals surface area contributed by atoms with Crippen molar-refractivity contribution >= 4 is 11.7 Å². The van der Waals surface area contributed by atoms with Crippen molar-refractivity contribution in [2.75, 3.05) is 5.32 Å². The third-order valence-corrected chi connectivity index (χ3v) is 4.36. The van der Waals surface area contributed by atoms with Crippen LogP contribution in [0, 0.1) is 19.7 Å². The lowest BCUT2D eigenvalue weighted by Gasteiger charge is -2.19. The molecule has 0 aliphatic heterocycles. The molecular formula is C22H22FN3O. The molecule has 0 radical (unpaired) electrons. The second-order valence-electron chi connectivity index (χ2n) is 6.55. The first kappa shape index (κ1) is 18.6. The minimum absolute atomic E-state index is 0.303. The summed E-state index contributed by atoms with van der Waals surface area (Å²) in [6, 6.07) is 17.4. The van der Waals surface area contributed by atoms with Gasteiger partial charge in [0.2, 0.25) is 0 Å². The number of amides is 2. The molecule has 1 atom stereocenters. The standard InChI is InChI=1S/C22H22FN3O/c1-15-6-9-17(10-7-15)13-21(19-5-3-4-12-24-19)26-22(27)25-20-14-18(23)11-8-16(20)2/h3-12,14,21H,13H2,1-2H3,(H2,25,26,27). The summed E-state index contributed by atoms with van der Waals surface area (Å²) in [4.78, 5) is 16.9. The van der Waals surface area contributed by atoms with Crippen molar-refractivity contribution < 1.29 is 9.18 Å². The van der Waals surface area contributed by atoms with E-state index in [4.69, 9.17) is 0 Å². The predicted octanol–water partition coefficient (Wildman–Crippen LogP) is 4.94. The van der Waals surface area contributed by atoms with E-state index in [2.05, 4.69) is 15.6 Å². The SMILES string of the molecule is Cc1ccc(CC(NC(=O)Nc2cc(F)ccc2C)c2ccccn2)cc1. The van der Waals surface area contributed by atoms with Crippen molar-refractivity contribution in [3.05, 3.63) is 95.1 Å². The van der Waals surface area contributed by atoms with Gasteiger partial charge in [0.15, 0.2) is 0 Å². The van der Waals surface area contributed by atoms with Gasteiger partial charge in [0.25, 0.3) is 0 Å². The van der Waals surface area contributed by atoms with Crippen molar-refractivity contribution in [3.8, 4) is 0 Å². The summed E-state index contributed by atoms with van der Waals surface area (Å²) in [5.41, 5.74) is 4.28. The first-order valence-electron chi connectivity index (χ1n) is 8.81. The number of nitrogens with one attached hydrogen (secondary N) is 2. The van der Waals surface area contributed by atoms with E-state index >= 15 is 0 Å². The number of hydrogen-bond donors (Lipinski definition) is 2. The lowest BCUT2D eigenvalue weighted by atomic mass is 10.0. The Labute approximate surface area is 158 Å². The summed E-state index contributed by atoms with van der Waals surface area (Å²) in [6.45, 7) is 3.85. The van der Waals surface area contributed by atoms with Gasteiger partial charge in [-0.1, -0.05) is 42.0 Å². The molecule has 0 bridgehead atoms. The van der Waals surface area contributed by atoms with E-state index in [1.165, 1.54) is 17.7 Å². The van der Waals surface area contributed by atoms with Crippen LogP contribution in [0.3, 0.4) is 0 Å². The van der Waals surface area contributed by atoms with Gasteiger partial charge < -0.3 is 10.6 Å². The van der Waals surface area contributed by atoms with Gasteiger partial charge in [0, 0.05) is 11.9 Å². The Kier molecular flexibility index (Phi) is 5.81. The molecule has 0 aliphatic carbocycles. The molecule has 27 heavy (non-hydrogen) atoms. The Morgan fingerprint density at radius 2 is 1.85 bits per heavy atom. The number of halogens is 1. The molecule has 5 heteroatoms. The second kappa shape index (κ2) is 8.45. The Morgan fingerprint density at radius 1 is 1.07 bits per heavy atom. The molecule has 0 saturated carbocycles. The highest BCUT2D eigenvalue weighted by Crippen LogP contribution is 2.19. The normalized spacial score (nSPS) is 11.7. The van der Waals surface area contributed by atoms with Crippen molar-refractivity contribution in [1.82, 2.24) is 10.3 Å². The number of pyridine rings is 1. The maximum absolute atomic E-state index is 13.5. The minimum Gasteiger partial charge on any atom is -0.329 e. The van der Waals surface area contributed by atoms with Crippen molar-refractivity contribution in [1.29, 1.82) is 0 Å². The summed E-state index contributed by atoms with van der Waals surface area (Å²) in [5, 5.41) is 5.68. The summed E-state index contributed by atoms with van der Waals surface area (Å²) in [5.74, 6) is -0.392. The number of anilines is 1. The number of carbonyl (C=O) groups excluding carboxylic acids is 1. The highest BCUT2D eigenvalue weighted by atomic mass is 19.1. The van der Waals surface area contributed by atoms with Crippen molar-refractivity contribution in [3.63, 3.8) is 0 Å². The topological polar surface area (TPSA) is 54.0 Å². The second-order valence-corrected chi connectivity index (χ2v) is 6.55. The van der Waals surface area contributed by atoms with Gasteiger partial charge in [-0.15, -0.1) is 0 Å². The lowest BCUT2D eigenvalue weighted by Crippen LogP contribution is -2.34. The summed E-state index contributed by atoms with van der Waals surface area (Å²) in [7, 11) is 0. The summed E-state index contributed by atoms with van der Waals surface area (Å²) < 4.78 is 13.5. The van der Waals surface area contributed by atoms with E-state index in [-0.39, 0.29) is 6.04 Å². The van der Waals surface area contributed by atoms with E-state index in [0.717, 1.165) is 16.8 Å². The van der Waals surface area contributed by atoms with Crippen LogP contribution in [-0.4, -0.2) is 11.0 Å². The smallest absolute Gasteiger partial charge is 0.319 e. The number of hydrogen-bond acceptors (Lipinski definition) is 2. The first-order valence-corrected chi connectivity index (χ1v) is 8.81. The number of urea groups is 1. The molecule has 1 aromatic heterocycles. The average molecular weight is 363 g/mol. The number of rotatable bonds is 5. The number of carbonyl (C=O) groups is 1. The van der Waals surface area contributed by atoms with Crippen LogP contribution in [0.15, 0.2) is 66.9 Å². The highest BCUT2D eigenvalue weighted by molar-refractivity contribution is 5.90. The molecule has 3 aromatic rings. The van der Waals surface area contributed by atoms with E-state index < -0.39 is 11.8 Å². The zero-order valence-corrected chi connectivity index (χ0v) is 15.4. The Hall–Kier alpha value is -3.21. The van der Waals surface area contributed by atoms with Crippen LogP contribution in [-0.2, 0) is 6.42 Å². The number of aromatic nitrogens is 1. The molecule has 0 aliphatic rings. The lowest BCUT2D eigenvalue weighted by molar-refractivity contribution is 0.248. The van der Waals surface area contributed by atoms with Crippen LogP contribution in [0.2, 0.25) is 0 Å². The maximum atomic E-state index is 13.5. The van der Waals surface area contributed by atoms with Crippen molar-refractivity contribution in [2.45, 2.75) is 26.3 Å². The fraction of sp³-hybridized carbons (Fsp3) is 0.182. The quantitative estimate of drug-likeness (QED) is 0.674. The van der Waals surface area contributed by atoms with E-state index in [1.54, 1.807) is 12.3 Å². The maximum Gasteiger partial charge on any atom is 0.319 e. The van der Waals surface area contributed by atoms with E-state index in [9.17, 15) is 9.18 Å². The first-order chi connectivity index (χ1) is 13.0. The Balaban J connectivity index is 1.77. The molecule has 0 fully saturated rings. The molecule has 2 aromatic carbocycles. The molecule has 3 rings (SSSR count). The molecule has 4 nitrogen and oxygen atoms in total. The number of nitrogens with zero attached hydrogens (tertiary/aromatic N) is 1. The monoisotopic (exact) mass is 363 g/mol.